The third kappa shape index (κ3) is 4.66. The molecule has 1 saturated carbocycles. The van der Waals surface area contributed by atoms with Gasteiger partial charge in [0.15, 0.2) is 11.5 Å². The molecule has 6 unspecified atom stereocenters. The number of fused-ring (bicyclic) bond motifs is 6. The number of methoxy groups -OCH3 is 5. The largest absolute Gasteiger partial charge is 0.493 e. The number of rotatable bonds is 7. The molecule has 0 spiro atoms. The average Bonchev–Trinajstić information content (AvgIpc) is 3.41. The molecule has 1 N–H and O–H groups in total. The molecule has 3 heterocycles. The minimum Gasteiger partial charge on any atom is -0.493 e. The van der Waals surface area contributed by atoms with Crippen LogP contribution in [0.2, 0.25) is 0 Å². The van der Waals surface area contributed by atoms with Crippen molar-refractivity contribution in [2.24, 2.45) is 17.8 Å². The molecule has 10 heteroatoms. The van der Waals surface area contributed by atoms with Crippen molar-refractivity contribution >= 4 is 22.8 Å². The second-order valence-corrected chi connectivity index (χ2v) is 11.3. The van der Waals surface area contributed by atoms with Crippen LogP contribution in [-0.2, 0) is 25.4 Å². The fraction of sp³-hybridized carbons (Fsp3) is 0.500. The van der Waals surface area contributed by atoms with Crippen LogP contribution in [0.4, 0.5) is 0 Å². The maximum Gasteiger partial charge on any atom is 0.338 e. The number of ether oxygens (including phenoxy) is 6. The van der Waals surface area contributed by atoms with Gasteiger partial charge in [-0.15, -0.1) is 0 Å². The van der Waals surface area contributed by atoms with E-state index >= 15 is 0 Å². The highest BCUT2D eigenvalue weighted by Crippen LogP contribution is 2.50. The van der Waals surface area contributed by atoms with Crippen molar-refractivity contribution in [1.29, 1.82) is 0 Å². The Morgan fingerprint density at radius 3 is 2.36 bits per heavy atom. The second kappa shape index (κ2) is 11.5. The first-order valence-electron chi connectivity index (χ1n) is 14.4. The summed E-state index contributed by atoms with van der Waals surface area (Å²) >= 11 is 0. The molecule has 42 heavy (non-hydrogen) atoms. The molecule has 6 rings (SSSR count). The lowest BCUT2D eigenvalue weighted by atomic mass is 9.63. The molecule has 3 aromatic rings. The highest BCUT2D eigenvalue weighted by atomic mass is 16.6. The van der Waals surface area contributed by atoms with E-state index in [1.54, 1.807) is 19.2 Å². The van der Waals surface area contributed by atoms with E-state index in [1.165, 1.54) is 45.1 Å². The van der Waals surface area contributed by atoms with Gasteiger partial charge in [0.25, 0.3) is 0 Å². The van der Waals surface area contributed by atoms with Crippen molar-refractivity contribution in [1.82, 2.24) is 9.88 Å². The molecule has 1 aromatic heterocycles. The van der Waals surface area contributed by atoms with E-state index < -0.39 is 24.1 Å². The van der Waals surface area contributed by atoms with Gasteiger partial charge < -0.3 is 33.4 Å². The number of nitrogens with one attached hydrogen (secondary N) is 1. The zero-order valence-electron chi connectivity index (χ0n) is 24.7. The molecule has 10 nitrogen and oxygen atoms in total. The molecule has 1 saturated heterocycles. The topological polar surface area (TPSA) is 109 Å². The predicted molar refractivity (Wildman–Crippen MR) is 154 cm³/mol. The second-order valence-electron chi connectivity index (χ2n) is 11.3. The van der Waals surface area contributed by atoms with Crippen LogP contribution in [0.3, 0.4) is 0 Å². The van der Waals surface area contributed by atoms with E-state index in [-0.39, 0.29) is 29.4 Å². The summed E-state index contributed by atoms with van der Waals surface area (Å²) in [5, 5.41) is 1.27. The molecule has 2 aromatic carbocycles. The number of H-pyrrole nitrogens is 1. The summed E-state index contributed by atoms with van der Waals surface area (Å²) in [5.41, 5.74) is 4.01. The van der Waals surface area contributed by atoms with Gasteiger partial charge in [0.2, 0.25) is 5.75 Å². The van der Waals surface area contributed by atoms with Gasteiger partial charge in [0.1, 0.15) is 12.2 Å². The van der Waals surface area contributed by atoms with Crippen molar-refractivity contribution in [3.05, 3.63) is 53.2 Å². The Morgan fingerprint density at radius 2 is 1.69 bits per heavy atom. The number of hydrogen-bond donors (Lipinski definition) is 1. The number of carbonyl (C=O) groups is 2. The van der Waals surface area contributed by atoms with Crippen LogP contribution < -0.4 is 14.2 Å². The van der Waals surface area contributed by atoms with Crippen molar-refractivity contribution < 1.29 is 38.0 Å². The summed E-state index contributed by atoms with van der Waals surface area (Å²) in [6, 6.07) is 11.7. The first-order valence-corrected chi connectivity index (χ1v) is 14.4. The Labute approximate surface area is 245 Å². The summed E-state index contributed by atoms with van der Waals surface area (Å²) in [6.45, 7) is 1.74. The van der Waals surface area contributed by atoms with Gasteiger partial charge in [-0.1, -0.05) is 18.2 Å². The summed E-state index contributed by atoms with van der Waals surface area (Å²) in [4.78, 5) is 33.1. The van der Waals surface area contributed by atoms with Crippen LogP contribution >= 0.6 is 0 Å². The van der Waals surface area contributed by atoms with E-state index in [9.17, 15) is 9.59 Å². The Morgan fingerprint density at radius 1 is 0.952 bits per heavy atom. The Kier molecular flexibility index (Phi) is 7.76. The third-order valence-electron chi connectivity index (χ3n) is 9.46. The number of piperidine rings is 1. The van der Waals surface area contributed by atoms with E-state index in [4.69, 9.17) is 28.4 Å². The number of carbonyl (C=O) groups excluding carboxylic acids is 2. The normalized spacial score (nSPS) is 26.9. The van der Waals surface area contributed by atoms with Crippen LogP contribution in [0.15, 0.2) is 36.4 Å². The number of aromatic amines is 1. The fourth-order valence-corrected chi connectivity index (χ4v) is 7.60. The van der Waals surface area contributed by atoms with E-state index in [0.29, 0.717) is 23.7 Å². The Hall–Kier alpha value is -3.76. The zero-order valence-corrected chi connectivity index (χ0v) is 24.7. The lowest BCUT2D eigenvalue weighted by Crippen LogP contribution is -2.58. The highest BCUT2D eigenvalue weighted by molar-refractivity contribution is 5.91. The standard InChI is InChI=1S/C32H38N2O8/c1-37-24-12-17(13-25(38-2)29(24)39-3)31(35)42-26-14-18-16-34-11-10-20-19-8-6-7-9-22(19)33-28(20)23(34)15-21(18)27(30(26)40-4)32(36)41-5/h6-9,12-13,18,21,23,26-27,30,33H,10-11,14-16H2,1-5H3. The summed E-state index contributed by atoms with van der Waals surface area (Å²) in [6.07, 6.45) is 1.04. The molecule has 0 radical (unpaired) electrons. The average molecular weight is 579 g/mol. The molecule has 0 amide bonds. The van der Waals surface area contributed by atoms with Crippen LogP contribution in [0.25, 0.3) is 10.9 Å². The molecule has 2 aliphatic heterocycles. The minimum atomic E-state index is -0.651. The number of esters is 2. The quantitative estimate of drug-likeness (QED) is 0.414. The number of aromatic nitrogens is 1. The Bertz CT molecular complexity index is 1460. The molecule has 2 fully saturated rings. The van der Waals surface area contributed by atoms with E-state index in [0.717, 1.165) is 31.4 Å². The van der Waals surface area contributed by atoms with Crippen molar-refractivity contribution in [2.45, 2.75) is 37.5 Å². The maximum absolute atomic E-state index is 13.5. The van der Waals surface area contributed by atoms with Gasteiger partial charge in [-0.3, -0.25) is 9.69 Å². The Balaban J connectivity index is 1.29. The number of hydrogen-bond acceptors (Lipinski definition) is 9. The monoisotopic (exact) mass is 578 g/mol. The van der Waals surface area contributed by atoms with Gasteiger partial charge in [-0.25, -0.2) is 4.79 Å². The van der Waals surface area contributed by atoms with Gasteiger partial charge >= 0.3 is 11.9 Å². The van der Waals surface area contributed by atoms with E-state index in [1.807, 2.05) is 0 Å². The fourth-order valence-electron chi connectivity index (χ4n) is 7.60. The summed E-state index contributed by atoms with van der Waals surface area (Å²) in [7, 11) is 7.45. The molecular formula is C32H38N2O8. The predicted octanol–water partition coefficient (Wildman–Crippen LogP) is 4.16. The highest BCUT2D eigenvalue weighted by Gasteiger charge is 2.54. The molecule has 0 bridgehead atoms. The summed E-state index contributed by atoms with van der Waals surface area (Å²) in [5.74, 6) is -0.254. The molecular weight excluding hydrogens is 540 g/mol. The van der Waals surface area contributed by atoms with Gasteiger partial charge in [0, 0.05) is 36.8 Å². The lowest BCUT2D eigenvalue weighted by molar-refractivity contribution is -0.176. The van der Waals surface area contributed by atoms with Crippen molar-refractivity contribution in [2.75, 3.05) is 48.6 Å². The van der Waals surface area contributed by atoms with E-state index in [2.05, 4.69) is 34.1 Å². The van der Waals surface area contributed by atoms with Crippen LogP contribution in [0, 0.1) is 17.8 Å². The summed E-state index contributed by atoms with van der Waals surface area (Å²) < 4.78 is 33.6. The first kappa shape index (κ1) is 28.4. The first-order chi connectivity index (χ1) is 20.4. The molecule has 224 valence electrons. The zero-order chi connectivity index (χ0) is 29.5. The molecule has 3 aliphatic rings. The number of para-hydroxylation sites is 1. The number of nitrogens with zero attached hydrogens (tertiary/aromatic N) is 1. The van der Waals surface area contributed by atoms with Crippen LogP contribution in [-0.4, -0.2) is 82.7 Å². The van der Waals surface area contributed by atoms with Gasteiger partial charge in [-0.05, 0) is 54.9 Å². The smallest absolute Gasteiger partial charge is 0.338 e. The molecule has 6 atom stereocenters. The maximum atomic E-state index is 13.5. The lowest BCUT2D eigenvalue weighted by Gasteiger charge is -2.52. The van der Waals surface area contributed by atoms with Crippen LogP contribution in [0.5, 0.6) is 17.2 Å². The number of benzene rings is 2. The SMILES string of the molecule is COC(=O)C1C2CC3c4[nH]c5ccccc5c4CCN3CC2CC(OC(=O)c2cc(OC)c(OC)c(OC)c2)C1OC. The van der Waals surface area contributed by atoms with Crippen LogP contribution in [0.1, 0.15) is 40.5 Å². The van der Waals surface area contributed by atoms with Crippen molar-refractivity contribution in [3.63, 3.8) is 0 Å². The van der Waals surface area contributed by atoms with Gasteiger partial charge in [0.05, 0.1) is 46.0 Å². The van der Waals surface area contributed by atoms with Gasteiger partial charge in [-0.2, -0.15) is 0 Å². The van der Waals surface area contributed by atoms with Crippen molar-refractivity contribution in [3.8, 4) is 17.2 Å². The molecule has 1 aliphatic carbocycles. The minimum absolute atomic E-state index is 0.0112. The third-order valence-corrected chi connectivity index (χ3v) is 9.46.